The lowest BCUT2D eigenvalue weighted by Crippen LogP contribution is -2.14. The maximum Gasteiger partial charge on any atom is 0.138 e. The summed E-state index contributed by atoms with van der Waals surface area (Å²) in [4.78, 5) is 0.0645. The molecule has 0 saturated heterocycles. The van der Waals surface area contributed by atoms with Gasteiger partial charge < -0.3 is 5.73 Å². The molecule has 0 bridgehead atoms. The van der Waals surface area contributed by atoms with Crippen LogP contribution in [-0.4, -0.2) is 14.8 Å². The van der Waals surface area contributed by atoms with Crippen LogP contribution in [0.3, 0.4) is 0 Å². The molecule has 3 nitrogen and oxygen atoms in total. The normalized spacial score (nSPS) is 10.8. The van der Waals surface area contributed by atoms with E-state index < -0.39 is 0 Å². The van der Waals surface area contributed by atoms with Gasteiger partial charge in [0.15, 0.2) is 0 Å². The van der Waals surface area contributed by atoms with Gasteiger partial charge in [-0.05, 0) is 12.1 Å². The highest BCUT2D eigenvalue weighted by atomic mass is 32.1. The highest BCUT2D eigenvalue weighted by molar-refractivity contribution is 7.80. The number of hydrogen-bond acceptors (Lipinski definition) is 2. The molecule has 0 saturated carbocycles. The molecule has 3 aromatic rings. The molecule has 0 aliphatic heterocycles. The van der Waals surface area contributed by atoms with Gasteiger partial charge in [-0.3, -0.25) is 4.68 Å². The summed E-state index contributed by atoms with van der Waals surface area (Å²) in [6, 6.07) is 12.9. The Morgan fingerprint density at radius 3 is 2.80 bits per heavy atom. The van der Waals surface area contributed by atoms with Crippen molar-refractivity contribution in [2.75, 3.05) is 0 Å². The molecule has 0 fully saturated rings. The van der Waals surface area contributed by atoms with E-state index in [0.29, 0.717) is 12.1 Å². The van der Waals surface area contributed by atoms with Crippen molar-refractivity contribution in [3.8, 4) is 0 Å². The van der Waals surface area contributed by atoms with Gasteiger partial charge in [0.05, 0.1) is 18.3 Å². The first-order chi connectivity index (χ1) is 9.66. The fraction of sp³-hybridized carbons (Fsp3) is 0.0667. The van der Waals surface area contributed by atoms with Gasteiger partial charge in [0.1, 0.15) is 10.8 Å². The molecule has 0 radical (unpaired) electrons. The number of fused-ring (bicyclic) bond motifs is 1. The van der Waals surface area contributed by atoms with Gasteiger partial charge in [-0.25, -0.2) is 4.39 Å². The fourth-order valence-corrected chi connectivity index (χ4v) is 2.36. The molecule has 5 heteroatoms. The van der Waals surface area contributed by atoms with Crippen LogP contribution in [0.25, 0.3) is 10.9 Å². The molecule has 0 unspecified atom stereocenters. The molecule has 20 heavy (non-hydrogen) atoms. The van der Waals surface area contributed by atoms with Crippen molar-refractivity contribution >= 4 is 28.1 Å². The molecule has 100 valence electrons. The Balaban J connectivity index is 2.03. The molecule has 0 amide bonds. The van der Waals surface area contributed by atoms with Crippen molar-refractivity contribution in [2.24, 2.45) is 5.73 Å². The monoisotopic (exact) mass is 285 g/mol. The molecule has 1 heterocycles. The SMILES string of the molecule is NC(=S)c1cccc(Cn2ncc3ccccc32)c1F. The number of benzene rings is 2. The summed E-state index contributed by atoms with van der Waals surface area (Å²) in [7, 11) is 0. The molecular formula is C15H12FN3S. The Labute approximate surface area is 120 Å². The van der Waals surface area contributed by atoms with Crippen LogP contribution in [0.5, 0.6) is 0 Å². The molecule has 0 spiro atoms. The van der Waals surface area contributed by atoms with Crippen LogP contribution < -0.4 is 5.73 Å². The Bertz CT molecular complexity index is 795. The fourth-order valence-electron chi connectivity index (χ4n) is 2.21. The van der Waals surface area contributed by atoms with Crippen LogP contribution in [0.1, 0.15) is 11.1 Å². The summed E-state index contributed by atoms with van der Waals surface area (Å²) in [5, 5.41) is 5.32. The van der Waals surface area contributed by atoms with Gasteiger partial charge in [-0.15, -0.1) is 0 Å². The molecular weight excluding hydrogens is 273 g/mol. The van der Waals surface area contributed by atoms with Gasteiger partial charge in [0, 0.05) is 16.5 Å². The summed E-state index contributed by atoms with van der Waals surface area (Å²) in [5.41, 5.74) is 7.27. The second-order valence-corrected chi connectivity index (χ2v) is 4.94. The molecule has 0 atom stereocenters. The van der Waals surface area contributed by atoms with Gasteiger partial charge in [-0.2, -0.15) is 5.10 Å². The van der Waals surface area contributed by atoms with E-state index in [1.54, 1.807) is 29.1 Å². The van der Waals surface area contributed by atoms with E-state index in [4.69, 9.17) is 18.0 Å². The second kappa shape index (κ2) is 5.02. The van der Waals surface area contributed by atoms with Crippen LogP contribution >= 0.6 is 12.2 Å². The predicted molar refractivity (Wildman–Crippen MR) is 81.1 cm³/mol. The Morgan fingerprint density at radius 1 is 1.20 bits per heavy atom. The molecule has 2 N–H and O–H groups in total. The first-order valence-electron chi connectivity index (χ1n) is 6.14. The van der Waals surface area contributed by atoms with Crippen molar-refractivity contribution < 1.29 is 4.39 Å². The number of thiocarbonyl (C=S) groups is 1. The highest BCUT2D eigenvalue weighted by Gasteiger charge is 2.11. The third-order valence-corrected chi connectivity index (χ3v) is 3.44. The lowest BCUT2D eigenvalue weighted by molar-refractivity contribution is 0.588. The van der Waals surface area contributed by atoms with Crippen molar-refractivity contribution in [3.63, 3.8) is 0 Å². The van der Waals surface area contributed by atoms with E-state index in [0.717, 1.165) is 10.9 Å². The number of rotatable bonds is 3. The molecule has 1 aromatic heterocycles. The maximum absolute atomic E-state index is 14.3. The standard InChI is InChI=1S/C15H12FN3S/c16-14-11(5-3-6-12(14)15(17)20)9-19-13-7-2-1-4-10(13)8-18-19/h1-8H,9H2,(H2,17,20). The zero-order valence-corrected chi connectivity index (χ0v) is 11.4. The van der Waals surface area contributed by atoms with Gasteiger partial charge in [0.25, 0.3) is 0 Å². The molecule has 0 aliphatic rings. The van der Waals surface area contributed by atoms with E-state index in [2.05, 4.69) is 5.10 Å². The van der Waals surface area contributed by atoms with E-state index in [1.807, 2.05) is 24.3 Å². The second-order valence-electron chi connectivity index (χ2n) is 4.50. The van der Waals surface area contributed by atoms with Crippen molar-refractivity contribution in [1.29, 1.82) is 0 Å². The van der Waals surface area contributed by atoms with E-state index in [1.165, 1.54) is 0 Å². The van der Waals surface area contributed by atoms with Gasteiger partial charge >= 0.3 is 0 Å². The van der Waals surface area contributed by atoms with E-state index in [-0.39, 0.29) is 16.4 Å². The van der Waals surface area contributed by atoms with E-state index >= 15 is 0 Å². The first kappa shape index (κ1) is 12.7. The lowest BCUT2D eigenvalue weighted by atomic mass is 10.1. The van der Waals surface area contributed by atoms with Crippen molar-refractivity contribution in [1.82, 2.24) is 9.78 Å². The molecule has 0 aliphatic carbocycles. The number of halogens is 1. The topological polar surface area (TPSA) is 43.8 Å². The third kappa shape index (κ3) is 2.16. The minimum atomic E-state index is -0.375. The zero-order valence-electron chi connectivity index (χ0n) is 10.6. The number of hydrogen-bond donors (Lipinski definition) is 1. The average Bonchev–Trinajstić information content (AvgIpc) is 2.84. The third-order valence-electron chi connectivity index (χ3n) is 3.22. The minimum Gasteiger partial charge on any atom is -0.389 e. The van der Waals surface area contributed by atoms with Crippen molar-refractivity contribution in [3.05, 3.63) is 65.6 Å². The van der Waals surface area contributed by atoms with Gasteiger partial charge in [0.2, 0.25) is 0 Å². The minimum absolute atomic E-state index is 0.0645. The quantitative estimate of drug-likeness (QED) is 0.753. The average molecular weight is 285 g/mol. The summed E-state index contributed by atoms with van der Waals surface area (Å²) in [6.45, 7) is 0.343. The summed E-state index contributed by atoms with van der Waals surface area (Å²) in [6.07, 6.45) is 1.77. The number of aromatic nitrogens is 2. The Kier molecular flexibility index (Phi) is 3.20. The van der Waals surface area contributed by atoms with Crippen molar-refractivity contribution in [2.45, 2.75) is 6.54 Å². The first-order valence-corrected chi connectivity index (χ1v) is 6.55. The van der Waals surface area contributed by atoms with Gasteiger partial charge in [-0.1, -0.05) is 42.5 Å². The number of nitrogens with zero attached hydrogens (tertiary/aromatic N) is 2. The summed E-state index contributed by atoms with van der Waals surface area (Å²) >= 11 is 4.85. The number of para-hydroxylation sites is 1. The van der Waals surface area contributed by atoms with Crippen LogP contribution in [0.15, 0.2) is 48.7 Å². The largest absolute Gasteiger partial charge is 0.389 e. The number of nitrogens with two attached hydrogens (primary N) is 1. The Hall–Kier alpha value is -2.27. The summed E-state index contributed by atoms with van der Waals surface area (Å²) in [5.74, 6) is -0.375. The zero-order chi connectivity index (χ0) is 14.1. The van der Waals surface area contributed by atoms with Crippen LogP contribution in [0.2, 0.25) is 0 Å². The van der Waals surface area contributed by atoms with Crippen LogP contribution in [-0.2, 0) is 6.54 Å². The molecule has 3 rings (SSSR count). The van der Waals surface area contributed by atoms with Crippen LogP contribution in [0, 0.1) is 5.82 Å². The lowest BCUT2D eigenvalue weighted by Gasteiger charge is -2.08. The molecule has 2 aromatic carbocycles. The van der Waals surface area contributed by atoms with Crippen LogP contribution in [0.4, 0.5) is 4.39 Å². The summed E-state index contributed by atoms with van der Waals surface area (Å²) < 4.78 is 16.1. The maximum atomic E-state index is 14.3. The highest BCUT2D eigenvalue weighted by Crippen LogP contribution is 2.18. The predicted octanol–water partition coefficient (Wildman–Crippen LogP) is 2.86. The van der Waals surface area contributed by atoms with E-state index in [9.17, 15) is 4.39 Å². The Morgan fingerprint density at radius 2 is 2.00 bits per heavy atom. The smallest absolute Gasteiger partial charge is 0.138 e.